The van der Waals surface area contributed by atoms with Crippen molar-refractivity contribution in [2.24, 2.45) is 5.92 Å². The minimum Gasteiger partial charge on any atom is -0.347 e. The second-order valence-corrected chi connectivity index (χ2v) is 7.29. The number of benzene rings is 1. The zero-order valence-corrected chi connectivity index (χ0v) is 13.2. The molecule has 1 aromatic carbocycles. The van der Waals surface area contributed by atoms with Crippen molar-refractivity contribution in [3.63, 3.8) is 0 Å². The van der Waals surface area contributed by atoms with Crippen molar-refractivity contribution < 1.29 is 4.79 Å². The Kier molecular flexibility index (Phi) is 2.80. The number of nitrogens with one attached hydrogen (secondary N) is 1. The highest BCUT2D eigenvalue weighted by atomic mass is 16.1. The Morgan fingerprint density at radius 1 is 1.22 bits per heavy atom. The maximum Gasteiger partial charge on any atom is 0.251 e. The number of pyridine rings is 1. The van der Waals surface area contributed by atoms with Gasteiger partial charge in [-0.2, -0.15) is 0 Å². The van der Waals surface area contributed by atoms with Crippen LogP contribution < -0.4 is 5.32 Å². The SMILES string of the molecule is O=C(NC1C2CCN(CC2)C12CC2)c1ccc2cccnc2c1. The van der Waals surface area contributed by atoms with Crippen molar-refractivity contribution in [2.75, 3.05) is 13.1 Å². The predicted molar refractivity (Wildman–Crippen MR) is 89.3 cm³/mol. The third-order valence-electron chi connectivity index (χ3n) is 6.14. The Bertz CT molecular complexity index is 775. The van der Waals surface area contributed by atoms with Crippen LogP contribution in [0.3, 0.4) is 0 Å². The maximum atomic E-state index is 12.8. The van der Waals surface area contributed by atoms with E-state index >= 15 is 0 Å². The summed E-state index contributed by atoms with van der Waals surface area (Å²) < 4.78 is 0. The number of amides is 1. The summed E-state index contributed by atoms with van der Waals surface area (Å²) in [5.74, 6) is 0.715. The molecule has 0 radical (unpaired) electrons. The number of carbonyl (C=O) groups excluding carboxylic acids is 1. The topological polar surface area (TPSA) is 45.2 Å². The van der Waals surface area contributed by atoms with Crippen LogP contribution in [0.1, 0.15) is 36.0 Å². The van der Waals surface area contributed by atoms with E-state index < -0.39 is 0 Å². The smallest absolute Gasteiger partial charge is 0.251 e. The highest BCUT2D eigenvalue weighted by Crippen LogP contribution is 2.53. The van der Waals surface area contributed by atoms with Crippen LogP contribution in [0.2, 0.25) is 0 Å². The largest absolute Gasteiger partial charge is 0.347 e. The number of hydrogen-bond acceptors (Lipinski definition) is 3. The summed E-state index contributed by atoms with van der Waals surface area (Å²) in [6.07, 6.45) is 6.72. The lowest BCUT2D eigenvalue weighted by Crippen LogP contribution is -2.65. The molecule has 4 aliphatic rings. The molecule has 1 saturated carbocycles. The van der Waals surface area contributed by atoms with Crippen molar-refractivity contribution in [3.8, 4) is 0 Å². The summed E-state index contributed by atoms with van der Waals surface area (Å²) in [7, 11) is 0. The third kappa shape index (κ3) is 2.01. The number of rotatable bonds is 2. The van der Waals surface area contributed by atoms with E-state index in [0.29, 0.717) is 12.0 Å². The molecule has 1 spiro atoms. The van der Waals surface area contributed by atoms with Crippen LogP contribution in [0, 0.1) is 5.92 Å². The molecule has 4 heterocycles. The highest BCUT2D eigenvalue weighted by Gasteiger charge is 2.60. The second-order valence-electron chi connectivity index (χ2n) is 7.29. The average molecular weight is 307 g/mol. The summed E-state index contributed by atoms with van der Waals surface area (Å²) >= 11 is 0. The molecule has 4 fully saturated rings. The van der Waals surface area contributed by atoms with Crippen molar-refractivity contribution in [1.82, 2.24) is 15.2 Å². The van der Waals surface area contributed by atoms with E-state index in [9.17, 15) is 4.79 Å². The lowest BCUT2D eigenvalue weighted by atomic mass is 9.77. The Balaban J connectivity index is 1.42. The summed E-state index contributed by atoms with van der Waals surface area (Å²) in [6, 6.07) is 10.1. The van der Waals surface area contributed by atoms with Gasteiger partial charge < -0.3 is 5.32 Å². The van der Waals surface area contributed by atoms with Gasteiger partial charge in [0.15, 0.2) is 0 Å². The van der Waals surface area contributed by atoms with Crippen LogP contribution in [0.15, 0.2) is 36.5 Å². The number of piperidine rings is 3. The maximum absolute atomic E-state index is 12.8. The number of hydrogen-bond donors (Lipinski definition) is 1. The fourth-order valence-corrected chi connectivity index (χ4v) is 4.75. The molecule has 4 heteroatoms. The van der Waals surface area contributed by atoms with Crippen molar-refractivity contribution in [2.45, 2.75) is 37.3 Å². The molecule has 4 nitrogen and oxygen atoms in total. The minimum absolute atomic E-state index is 0.0579. The second kappa shape index (κ2) is 4.78. The van der Waals surface area contributed by atoms with Gasteiger partial charge in [-0.15, -0.1) is 0 Å². The molecule has 23 heavy (non-hydrogen) atoms. The van der Waals surface area contributed by atoms with Gasteiger partial charge in [0.05, 0.1) is 11.6 Å². The Morgan fingerprint density at radius 2 is 2.04 bits per heavy atom. The quantitative estimate of drug-likeness (QED) is 0.927. The molecule has 1 aliphatic carbocycles. The van der Waals surface area contributed by atoms with Gasteiger partial charge in [-0.1, -0.05) is 12.1 Å². The van der Waals surface area contributed by atoms with Crippen LogP contribution in [0.25, 0.3) is 10.9 Å². The van der Waals surface area contributed by atoms with Gasteiger partial charge in [-0.05, 0) is 62.9 Å². The van der Waals surface area contributed by atoms with Gasteiger partial charge >= 0.3 is 0 Å². The minimum atomic E-state index is 0.0579. The Morgan fingerprint density at radius 3 is 2.83 bits per heavy atom. The third-order valence-corrected chi connectivity index (χ3v) is 6.14. The molecule has 1 unspecified atom stereocenters. The first kappa shape index (κ1) is 13.5. The van der Waals surface area contributed by atoms with Gasteiger partial charge in [0.2, 0.25) is 0 Å². The monoisotopic (exact) mass is 307 g/mol. The first-order valence-electron chi connectivity index (χ1n) is 8.67. The summed E-state index contributed by atoms with van der Waals surface area (Å²) in [5.41, 5.74) is 1.89. The molecule has 1 N–H and O–H groups in total. The molecular formula is C19H21N3O. The first-order chi connectivity index (χ1) is 11.3. The zero-order chi connectivity index (χ0) is 15.4. The van der Waals surface area contributed by atoms with Gasteiger partial charge in [-0.25, -0.2) is 0 Å². The number of fused-ring (bicyclic) bond motifs is 3. The number of nitrogens with zero attached hydrogens (tertiary/aromatic N) is 2. The number of aromatic nitrogens is 1. The van der Waals surface area contributed by atoms with Crippen LogP contribution in [-0.4, -0.2) is 40.5 Å². The van der Waals surface area contributed by atoms with Crippen molar-refractivity contribution in [3.05, 3.63) is 42.1 Å². The van der Waals surface area contributed by atoms with Crippen LogP contribution in [0.4, 0.5) is 0 Å². The van der Waals surface area contributed by atoms with E-state index in [2.05, 4.69) is 15.2 Å². The van der Waals surface area contributed by atoms with E-state index in [1.54, 1.807) is 6.20 Å². The number of carbonyl (C=O) groups is 1. The predicted octanol–water partition coefficient (Wildman–Crippen LogP) is 2.59. The zero-order valence-electron chi connectivity index (χ0n) is 13.2. The molecule has 3 aliphatic heterocycles. The average Bonchev–Trinajstić information content (AvgIpc) is 3.39. The molecule has 1 aromatic heterocycles. The fraction of sp³-hybridized carbons (Fsp3) is 0.474. The molecule has 2 aromatic rings. The summed E-state index contributed by atoms with van der Waals surface area (Å²) in [6.45, 7) is 2.44. The molecule has 6 rings (SSSR count). The van der Waals surface area contributed by atoms with Crippen molar-refractivity contribution in [1.29, 1.82) is 0 Å². The molecule has 2 bridgehead atoms. The normalized spacial score (nSPS) is 30.5. The van der Waals surface area contributed by atoms with E-state index in [4.69, 9.17) is 0 Å². The lowest BCUT2D eigenvalue weighted by Gasteiger charge is -2.52. The van der Waals surface area contributed by atoms with E-state index in [0.717, 1.165) is 16.5 Å². The van der Waals surface area contributed by atoms with E-state index in [-0.39, 0.29) is 11.4 Å². The van der Waals surface area contributed by atoms with Crippen LogP contribution in [0.5, 0.6) is 0 Å². The van der Waals surface area contributed by atoms with Crippen molar-refractivity contribution >= 4 is 16.8 Å². The molecule has 3 saturated heterocycles. The van der Waals surface area contributed by atoms with E-state index in [1.807, 2.05) is 30.3 Å². The lowest BCUT2D eigenvalue weighted by molar-refractivity contribution is -0.00144. The molecule has 1 amide bonds. The Labute approximate surface area is 135 Å². The molecular weight excluding hydrogens is 286 g/mol. The Hall–Kier alpha value is -1.94. The van der Waals surface area contributed by atoms with Gasteiger partial charge in [-0.3, -0.25) is 14.7 Å². The summed E-state index contributed by atoms with van der Waals surface area (Å²) in [5, 5.41) is 4.45. The van der Waals surface area contributed by atoms with Crippen LogP contribution in [-0.2, 0) is 0 Å². The standard InChI is InChI=1S/C19H21N3O/c23-18(15-4-3-13-2-1-9-20-16(13)12-15)21-17-14-5-10-22(11-6-14)19(17)7-8-19/h1-4,9,12,14,17H,5-8,10-11H2,(H,21,23). The van der Waals surface area contributed by atoms with Crippen LogP contribution >= 0.6 is 0 Å². The highest BCUT2D eigenvalue weighted by molar-refractivity contribution is 5.98. The molecule has 118 valence electrons. The van der Waals surface area contributed by atoms with Gasteiger partial charge in [0.1, 0.15) is 0 Å². The first-order valence-corrected chi connectivity index (χ1v) is 8.67. The fourth-order valence-electron chi connectivity index (χ4n) is 4.75. The summed E-state index contributed by atoms with van der Waals surface area (Å²) in [4.78, 5) is 19.8. The van der Waals surface area contributed by atoms with E-state index in [1.165, 1.54) is 38.8 Å². The van der Waals surface area contributed by atoms with Gasteiger partial charge in [0, 0.05) is 22.7 Å². The molecule has 1 atom stereocenters. The van der Waals surface area contributed by atoms with Gasteiger partial charge in [0.25, 0.3) is 5.91 Å².